The second-order valence-corrected chi connectivity index (χ2v) is 9.09. The van der Waals surface area contributed by atoms with Crippen molar-refractivity contribution in [2.45, 2.75) is 69.6 Å². The van der Waals surface area contributed by atoms with Crippen LogP contribution in [-0.2, 0) is 14.3 Å². The summed E-state index contributed by atoms with van der Waals surface area (Å²) in [6.07, 6.45) is 8.62. The van der Waals surface area contributed by atoms with Crippen molar-refractivity contribution in [1.82, 2.24) is 10.2 Å². The number of likely N-dealkylation sites (tertiary alicyclic amines) is 1. The number of hydrogen-bond acceptors (Lipinski definition) is 5. The molecule has 1 aromatic carbocycles. The summed E-state index contributed by atoms with van der Waals surface area (Å²) in [6, 6.07) is 10.9. The highest BCUT2D eigenvalue weighted by molar-refractivity contribution is 7.98. The topological polar surface area (TPSA) is 58.6 Å². The van der Waals surface area contributed by atoms with E-state index in [0.29, 0.717) is 19.1 Å². The second-order valence-electron chi connectivity index (χ2n) is 8.23. The lowest BCUT2D eigenvalue weighted by Gasteiger charge is -2.42. The Hall–Kier alpha value is -1.37. The number of rotatable bonds is 8. The first kappa shape index (κ1) is 22.3. The van der Waals surface area contributed by atoms with Crippen LogP contribution < -0.4 is 5.32 Å². The first-order valence-corrected chi connectivity index (χ1v) is 12.2. The van der Waals surface area contributed by atoms with Crippen LogP contribution in [0.5, 0.6) is 0 Å². The molecule has 0 aromatic heterocycles. The number of nitrogens with one attached hydrogen (secondary N) is 1. The van der Waals surface area contributed by atoms with Crippen molar-refractivity contribution in [1.29, 1.82) is 0 Å². The van der Waals surface area contributed by atoms with E-state index in [1.54, 1.807) is 16.7 Å². The lowest BCUT2D eigenvalue weighted by atomic mass is 9.83. The van der Waals surface area contributed by atoms with Gasteiger partial charge in [-0.1, -0.05) is 30.3 Å². The molecule has 0 radical (unpaired) electrons. The van der Waals surface area contributed by atoms with Crippen molar-refractivity contribution in [3.63, 3.8) is 0 Å². The van der Waals surface area contributed by atoms with Gasteiger partial charge in [-0.3, -0.25) is 9.59 Å². The van der Waals surface area contributed by atoms with E-state index in [4.69, 9.17) is 4.74 Å². The summed E-state index contributed by atoms with van der Waals surface area (Å²) in [7, 11) is 0. The van der Waals surface area contributed by atoms with Gasteiger partial charge in [0.1, 0.15) is 0 Å². The molecule has 29 heavy (non-hydrogen) atoms. The largest absolute Gasteiger partial charge is 0.376 e. The van der Waals surface area contributed by atoms with Crippen molar-refractivity contribution < 1.29 is 14.3 Å². The van der Waals surface area contributed by atoms with Gasteiger partial charge in [0.05, 0.1) is 18.8 Å². The summed E-state index contributed by atoms with van der Waals surface area (Å²) >= 11 is 1.74. The average Bonchev–Trinajstić information content (AvgIpc) is 2.76. The fourth-order valence-electron chi connectivity index (χ4n) is 4.67. The summed E-state index contributed by atoms with van der Waals surface area (Å²) in [6.45, 7) is 2.51. The average molecular weight is 419 g/mol. The maximum absolute atomic E-state index is 12.5. The molecule has 1 saturated carbocycles. The van der Waals surface area contributed by atoms with E-state index in [1.165, 1.54) is 12.5 Å². The minimum atomic E-state index is -0.385. The summed E-state index contributed by atoms with van der Waals surface area (Å²) in [5, 5.41) is 3.54. The molecule has 5 nitrogen and oxygen atoms in total. The second kappa shape index (κ2) is 11.1. The zero-order chi connectivity index (χ0) is 20.6. The normalized spacial score (nSPS) is 27.6. The Labute approximate surface area is 178 Å². The maximum Gasteiger partial charge on any atom is 0.290 e. The van der Waals surface area contributed by atoms with E-state index in [-0.39, 0.29) is 29.9 Å². The number of benzene rings is 1. The van der Waals surface area contributed by atoms with Gasteiger partial charge in [0.15, 0.2) is 0 Å². The predicted molar refractivity (Wildman–Crippen MR) is 118 cm³/mol. The van der Waals surface area contributed by atoms with Gasteiger partial charge >= 0.3 is 0 Å². The minimum absolute atomic E-state index is 0.0702. The number of piperidine rings is 1. The highest BCUT2D eigenvalue weighted by Crippen LogP contribution is 2.34. The van der Waals surface area contributed by atoms with Gasteiger partial charge in [0.2, 0.25) is 5.78 Å². The summed E-state index contributed by atoms with van der Waals surface area (Å²) in [5.41, 5.74) is 1.43. The van der Waals surface area contributed by atoms with Crippen LogP contribution in [0.4, 0.5) is 0 Å². The van der Waals surface area contributed by atoms with Crippen molar-refractivity contribution >= 4 is 23.5 Å². The molecule has 6 heteroatoms. The van der Waals surface area contributed by atoms with Gasteiger partial charge < -0.3 is 15.0 Å². The molecule has 0 spiro atoms. The van der Waals surface area contributed by atoms with Gasteiger partial charge in [0, 0.05) is 25.4 Å². The number of nitrogens with zero attached hydrogens (tertiary/aromatic N) is 1. The molecule has 1 unspecified atom stereocenters. The van der Waals surface area contributed by atoms with Crippen LogP contribution in [0.2, 0.25) is 0 Å². The number of ketones is 1. The number of Topliss-reactive ketones (excluding diaryl/α,β-unsaturated/α-hetero) is 1. The molecule has 1 saturated heterocycles. The molecule has 2 aliphatic rings. The van der Waals surface area contributed by atoms with Gasteiger partial charge in [0.25, 0.3) is 5.91 Å². The van der Waals surface area contributed by atoms with E-state index in [2.05, 4.69) is 41.9 Å². The maximum atomic E-state index is 12.5. The highest BCUT2D eigenvalue weighted by atomic mass is 32.2. The number of amides is 1. The van der Waals surface area contributed by atoms with Crippen LogP contribution in [0.15, 0.2) is 30.3 Å². The van der Waals surface area contributed by atoms with Crippen LogP contribution in [-0.4, -0.2) is 60.1 Å². The van der Waals surface area contributed by atoms with Crippen LogP contribution >= 0.6 is 11.8 Å². The molecule has 0 bridgehead atoms. The van der Waals surface area contributed by atoms with E-state index in [1.807, 2.05) is 0 Å². The zero-order valence-corrected chi connectivity index (χ0v) is 18.5. The third-order valence-electron chi connectivity index (χ3n) is 6.28. The lowest BCUT2D eigenvalue weighted by molar-refractivity contribution is -0.148. The van der Waals surface area contributed by atoms with Crippen molar-refractivity contribution in [2.24, 2.45) is 0 Å². The Bertz CT molecular complexity index is 661. The molecule has 1 aromatic rings. The van der Waals surface area contributed by atoms with Crippen LogP contribution in [0, 0.1) is 0 Å². The van der Waals surface area contributed by atoms with Crippen molar-refractivity contribution in [3.8, 4) is 0 Å². The Kier molecular flexibility index (Phi) is 8.57. The summed E-state index contributed by atoms with van der Waals surface area (Å²) < 4.78 is 6.33. The smallest absolute Gasteiger partial charge is 0.290 e. The van der Waals surface area contributed by atoms with Gasteiger partial charge in [-0.25, -0.2) is 0 Å². The number of thioether (sulfide) groups is 1. The van der Waals surface area contributed by atoms with Crippen molar-refractivity contribution in [2.75, 3.05) is 25.3 Å². The van der Waals surface area contributed by atoms with E-state index in [0.717, 1.165) is 44.4 Å². The fourth-order valence-corrected chi connectivity index (χ4v) is 5.05. The van der Waals surface area contributed by atoms with Crippen LogP contribution in [0.25, 0.3) is 0 Å². The van der Waals surface area contributed by atoms with Crippen molar-refractivity contribution in [3.05, 3.63) is 35.9 Å². The Balaban J connectivity index is 1.56. The molecule has 1 amide bonds. The number of carbonyl (C=O) groups is 2. The Morgan fingerprint density at radius 2 is 1.86 bits per heavy atom. The molecule has 1 aliphatic heterocycles. The molecule has 1 N–H and O–H groups in total. The predicted octanol–water partition coefficient (Wildman–Crippen LogP) is 3.59. The molecule has 160 valence electrons. The Morgan fingerprint density at radius 3 is 2.52 bits per heavy atom. The first-order valence-electron chi connectivity index (χ1n) is 10.8. The number of ether oxygens (including phenoxy) is 1. The summed E-state index contributed by atoms with van der Waals surface area (Å²) in [4.78, 5) is 25.9. The molecule has 2 fully saturated rings. The molecule has 2 atom stereocenters. The molecule has 1 aliphatic carbocycles. The molecule has 3 rings (SSSR count). The minimum Gasteiger partial charge on any atom is -0.376 e. The van der Waals surface area contributed by atoms with Gasteiger partial charge in [-0.2, -0.15) is 0 Å². The number of hydrogen-bond donors (Lipinski definition) is 1. The third kappa shape index (κ3) is 6.06. The Morgan fingerprint density at radius 1 is 1.14 bits per heavy atom. The lowest BCUT2D eigenvalue weighted by Crippen LogP contribution is -2.59. The summed E-state index contributed by atoms with van der Waals surface area (Å²) in [5.74, 6) is 0.703. The fraction of sp³-hybridized carbons (Fsp3) is 0.652. The van der Waals surface area contributed by atoms with E-state index >= 15 is 0 Å². The number of carbonyl (C=O) groups excluding carboxylic acids is 2. The molecule has 1 heterocycles. The van der Waals surface area contributed by atoms with E-state index < -0.39 is 0 Å². The highest BCUT2D eigenvalue weighted by Gasteiger charge is 2.36. The SMILES string of the molecule is CSCNC1CCCN(C(=O)C(C)=O)[C@H]1COC1CCC(c2ccccc2)CC1. The van der Waals surface area contributed by atoms with Gasteiger partial charge in [-0.15, -0.1) is 11.8 Å². The van der Waals surface area contributed by atoms with E-state index in [9.17, 15) is 9.59 Å². The first-order chi connectivity index (χ1) is 14.1. The third-order valence-corrected chi connectivity index (χ3v) is 6.73. The standard InChI is InChI=1S/C23H34N2O3S/c1-17(26)23(27)25-14-6-9-21(24-16-29-2)22(25)15-28-20-12-10-19(11-13-20)18-7-4-3-5-8-18/h3-5,7-8,19-22,24H,6,9-16H2,1-2H3/t19?,20?,21?,22-/m0/s1. The molecular weight excluding hydrogens is 384 g/mol. The quantitative estimate of drug-likeness (QED) is 0.516. The monoisotopic (exact) mass is 418 g/mol. The molecular formula is C23H34N2O3S. The van der Waals surface area contributed by atoms with Crippen LogP contribution in [0.3, 0.4) is 0 Å². The van der Waals surface area contributed by atoms with Gasteiger partial charge in [-0.05, 0) is 56.3 Å². The zero-order valence-electron chi connectivity index (χ0n) is 17.6. The van der Waals surface area contributed by atoms with Crippen LogP contribution in [0.1, 0.15) is 56.9 Å².